The van der Waals surface area contributed by atoms with Crippen LogP contribution < -0.4 is 5.32 Å². The summed E-state index contributed by atoms with van der Waals surface area (Å²) < 4.78 is 30.2. The van der Waals surface area contributed by atoms with Crippen LogP contribution in [0.2, 0.25) is 0 Å². The van der Waals surface area contributed by atoms with Gasteiger partial charge < -0.3 is 5.32 Å². The Balaban J connectivity index is 1.52. The lowest BCUT2D eigenvalue weighted by molar-refractivity contribution is -0.125. The van der Waals surface area contributed by atoms with E-state index in [2.05, 4.69) is 31.4 Å². The van der Waals surface area contributed by atoms with E-state index >= 15 is 0 Å². The largest absolute Gasteiger partial charge is 0.347 e. The number of amides is 1. The monoisotopic (exact) mass is 477 g/mol. The van der Waals surface area contributed by atoms with Crippen molar-refractivity contribution in [1.82, 2.24) is 24.2 Å². The van der Waals surface area contributed by atoms with Crippen LogP contribution in [0.1, 0.15) is 25.1 Å². The Kier molecular flexibility index (Phi) is 5.66. The Hall–Kier alpha value is -2.30. The molecule has 0 unspecified atom stereocenters. The molecular weight excluding hydrogens is 458 g/mol. The van der Waals surface area contributed by atoms with Crippen LogP contribution in [-0.4, -0.2) is 45.8 Å². The standard InChI is InChI=1S/C19H20BrN5O3S/c20-14-7-9-15(10-8-14)29(27,28)25-12-4-1-5-16(25)19(26)21-13-18-23-22-17-6-2-3-11-24(17)18/h2-3,6-11,16H,1,4-5,12-13H2,(H,21,26)/t16-/m1/s1. The first-order valence-corrected chi connectivity index (χ1v) is 11.5. The van der Waals surface area contributed by atoms with Crippen molar-refractivity contribution in [1.29, 1.82) is 0 Å². The average Bonchev–Trinajstić information content (AvgIpc) is 3.15. The van der Waals surface area contributed by atoms with Crippen LogP contribution in [0, 0.1) is 0 Å². The summed E-state index contributed by atoms with van der Waals surface area (Å²) >= 11 is 3.31. The van der Waals surface area contributed by atoms with Crippen molar-refractivity contribution in [3.8, 4) is 0 Å². The lowest BCUT2D eigenvalue weighted by atomic mass is 10.0. The Labute approximate surface area is 177 Å². The number of pyridine rings is 1. The summed E-state index contributed by atoms with van der Waals surface area (Å²) in [6.07, 6.45) is 3.84. The minimum atomic E-state index is -3.76. The van der Waals surface area contributed by atoms with E-state index in [0.29, 0.717) is 24.4 Å². The molecule has 29 heavy (non-hydrogen) atoms. The molecule has 8 nitrogen and oxygen atoms in total. The average molecular weight is 478 g/mol. The first-order chi connectivity index (χ1) is 14.0. The fourth-order valence-electron chi connectivity index (χ4n) is 3.49. The van der Waals surface area contributed by atoms with Crippen molar-refractivity contribution in [2.45, 2.75) is 36.7 Å². The number of carbonyl (C=O) groups is 1. The number of fused-ring (bicyclic) bond motifs is 1. The van der Waals surface area contributed by atoms with Crippen LogP contribution in [-0.2, 0) is 21.4 Å². The summed E-state index contributed by atoms with van der Waals surface area (Å²) in [6.45, 7) is 0.497. The Morgan fingerprint density at radius 3 is 2.72 bits per heavy atom. The van der Waals surface area contributed by atoms with Crippen molar-refractivity contribution in [2.75, 3.05) is 6.54 Å². The van der Waals surface area contributed by atoms with Gasteiger partial charge in [0.25, 0.3) is 0 Å². The number of nitrogens with one attached hydrogen (secondary N) is 1. The van der Waals surface area contributed by atoms with E-state index in [-0.39, 0.29) is 17.3 Å². The summed E-state index contributed by atoms with van der Waals surface area (Å²) in [6, 6.07) is 11.3. The molecule has 2 aromatic heterocycles. The highest BCUT2D eigenvalue weighted by Crippen LogP contribution is 2.26. The number of aromatic nitrogens is 3. The molecule has 152 valence electrons. The molecule has 1 aromatic carbocycles. The third-order valence-electron chi connectivity index (χ3n) is 4.98. The number of rotatable bonds is 5. The lowest BCUT2D eigenvalue weighted by Crippen LogP contribution is -2.51. The van der Waals surface area contributed by atoms with Crippen LogP contribution in [0.4, 0.5) is 0 Å². The summed E-state index contributed by atoms with van der Waals surface area (Å²) in [5.74, 6) is 0.269. The van der Waals surface area contributed by atoms with Gasteiger partial charge in [-0.05, 0) is 49.2 Å². The third-order valence-corrected chi connectivity index (χ3v) is 7.43. The third kappa shape index (κ3) is 4.05. The smallest absolute Gasteiger partial charge is 0.243 e. The minimum Gasteiger partial charge on any atom is -0.347 e. The normalized spacial score (nSPS) is 18.0. The molecular formula is C19H20BrN5O3S. The van der Waals surface area contributed by atoms with Gasteiger partial charge in [0.1, 0.15) is 6.04 Å². The van der Waals surface area contributed by atoms with Crippen molar-refractivity contribution in [3.05, 3.63) is 59.0 Å². The first kappa shape index (κ1) is 20.0. The molecule has 1 atom stereocenters. The minimum absolute atomic E-state index is 0.173. The molecule has 1 amide bonds. The van der Waals surface area contributed by atoms with Crippen molar-refractivity contribution < 1.29 is 13.2 Å². The molecule has 1 saturated heterocycles. The van der Waals surface area contributed by atoms with Gasteiger partial charge in [-0.1, -0.05) is 28.4 Å². The first-order valence-electron chi connectivity index (χ1n) is 9.30. The van der Waals surface area contributed by atoms with E-state index in [1.807, 2.05) is 24.4 Å². The van der Waals surface area contributed by atoms with E-state index in [1.54, 1.807) is 28.7 Å². The van der Waals surface area contributed by atoms with Gasteiger partial charge in [0.15, 0.2) is 11.5 Å². The van der Waals surface area contributed by atoms with Crippen molar-refractivity contribution in [2.24, 2.45) is 0 Å². The molecule has 1 aliphatic rings. The lowest BCUT2D eigenvalue weighted by Gasteiger charge is -2.33. The maximum atomic E-state index is 13.1. The number of hydrogen-bond acceptors (Lipinski definition) is 5. The SMILES string of the molecule is O=C(NCc1nnc2ccccn12)[C@H]1CCCCN1S(=O)(=O)c1ccc(Br)cc1. The van der Waals surface area contributed by atoms with Gasteiger partial charge in [0, 0.05) is 17.2 Å². The highest BCUT2D eigenvalue weighted by Gasteiger charge is 2.37. The van der Waals surface area contributed by atoms with Crippen LogP contribution in [0.15, 0.2) is 58.0 Å². The molecule has 3 aromatic rings. The van der Waals surface area contributed by atoms with Crippen molar-refractivity contribution >= 4 is 37.5 Å². The molecule has 4 rings (SSSR count). The maximum absolute atomic E-state index is 13.1. The Morgan fingerprint density at radius 1 is 1.14 bits per heavy atom. The Morgan fingerprint density at radius 2 is 1.93 bits per heavy atom. The number of hydrogen-bond donors (Lipinski definition) is 1. The predicted octanol–water partition coefficient (Wildman–Crippen LogP) is 2.35. The molecule has 10 heteroatoms. The Bertz CT molecular complexity index is 1130. The van der Waals surface area contributed by atoms with Gasteiger partial charge in [0.05, 0.1) is 11.4 Å². The zero-order chi connectivity index (χ0) is 20.4. The second kappa shape index (κ2) is 8.21. The molecule has 1 aliphatic heterocycles. The molecule has 0 radical (unpaired) electrons. The summed E-state index contributed by atoms with van der Waals surface area (Å²) in [5.41, 5.74) is 0.689. The van der Waals surface area contributed by atoms with Gasteiger partial charge in [-0.15, -0.1) is 10.2 Å². The number of nitrogens with zero attached hydrogens (tertiary/aromatic N) is 4. The number of halogens is 1. The van der Waals surface area contributed by atoms with Gasteiger partial charge in [-0.25, -0.2) is 8.42 Å². The van der Waals surface area contributed by atoms with Crippen LogP contribution >= 0.6 is 15.9 Å². The van der Waals surface area contributed by atoms with E-state index < -0.39 is 16.1 Å². The molecule has 1 fully saturated rings. The fraction of sp³-hybridized carbons (Fsp3) is 0.316. The van der Waals surface area contributed by atoms with E-state index in [4.69, 9.17) is 0 Å². The van der Waals surface area contributed by atoms with Gasteiger partial charge in [-0.3, -0.25) is 9.20 Å². The highest BCUT2D eigenvalue weighted by molar-refractivity contribution is 9.10. The summed E-state index contributed by atoms with van der Waals surface area (Å²) in [5, 5.41) is 11.0. The van der Waals surface area contributed by atoms with Gasteiger partial charge in [-0.2, -0.15) is 4.31 Å². The van der Waals surface area contributed by atoms with E-state index in [0.717, 1.165) is 17.3 Å². The predicted molar refractivity (Wildman–Crippen MR) is 111 cm³/mol. The number of carbonyl (C=O) groups excluding carboxylic acids is 1. The second-order valence-electron chi connectivity index (χ2n) is 6.84. The summed E-state index contributed by atoms with van der Waals surface area (Å²) in [4.78, 5) is 13.1. The van der Waals surface area contributed by atoms with Gasteiger partial charge >= 0.3 is 0 Å². The highest BCUT2D eigenvalue weighted by atomic mass is 79.9. The molecule has 0 bridgehead atoms. The maximum Gasteiger partial charge on any atom is 0.243 e. The van der Waals surface area contributed by atoms with E-state index in [1.165, 1.54) is 4.31 Å². The number of piperidine rings is 1. The van der Waals surface area contributed by atoms with E-state index in [9.17, 15) is 13.2 Å². The quantitative estimate of drug-likeness (QED) is 0.608. The molecule has 0 aliphatic carbocycles. The number of sulfonamides is 1. The van der Waals surface area contributed by atoms with Gasteiger partial charge in [0.2, 0.25) is 15.9 Å². The zero-order valence-electron chi connectivity index (χ0n) is 15.5. The molecule has 0 spiro atoms. The van der Waals surface area contributed by atoms with Crippen molar-refractivity contribution in [3.63, 3.8) is 0 Å². The molecule has 1 N–H and O–H groups in total. The molecule has 0 saturated carbocycles. The fourth-order valence-corrected chi connectivity index (χ4v) is 5.41. The zero-order valence-corrected chi connectivity index (χ0v) is 17.9. The summed E-state index contributed by atoms with van der Waals surface area (Å²) in [7, 11) is -3.76. The second-order valence-corrected chi connectivity index (χ2v) is 9.65. The van der Waals surface area contributed by atoms with Crippen LogP contribution in [0.25, 0.3) is 5.65 Å². The molecule has 3 heterocycles. The van der Waals surface area contributed by atoms with Crippen LogP contribution in [0.5, 0.6) is 0 Å². The van der Waals surface area contributed by atoms with Crippen LogP contribution in [0.3, 0.4) is 0 Å². The number of benzene rings is 1. The topological polar surface area (TPSA) is 96.7 Å².